The van der Waals surface area contributed by atoms with Crippen LogP contribution in [-0.2, 0) is 0 Å². The van der Waals surface area contributed by atoms with Crippen LogP contribution >= 0.6 is 0 Å². The number of aromatic nitrogens is 3. The summed E-state index contributed by atoms with van der Waals surface area (Å²) in [5.41, 5.74) is 8.18. The molecule has 0 amide bonds. The molecule has 3 N–H and O–H groups in total. The van der Waals surface area contributed by atoms with Crippen molar-refractivity contribution in [3.05, 3.63) is 42.7 Å². The van der Waals surface area contributed by atoms with Gasteiger partial charge in [-0.15, -0.1) is 0 Å². The average molecular weight is 269 g/mol. The summed E-state index contributed by atoms with van der Waals surface area (Å²) < 4.78 is 14.2. The minimum Gasteiger partial charge on any atom is -0.387 e. The van der Waals surface area contributed by atoms with E-state index in [0.29, 0.717) is 27.8 Å². The summed E-state index contributed by atoms with van der Waals surface area (Å²) in [5.74, 6) is -0.0420. The summed E-state index contributed by atoms with van der Waals surface area (Å²) in [4.78, 5) is 12.0. The summed E-state index contributed by atoms with van der Waals surface area (Å²) in [6.07, 6.45) is 4.59. The van der Waals surface area contributed by atoms with Crippen LogP contribution in [0.15, 0.2) is 36.9 Å². The molecule has 0 aliphatic carbocycles. The van der Waals surface area contributed by atoms with Gasteiger partial charge in [0.05, 0.1) is 11.2 Å². The number of hydrogen-bond acceptors (Lipinski definition) is 5. The highest BCUT2D eigenvalue weighted by atomic mass is 19.1. The van der Waals surface area contributed by atoms with Crippen LogP contribution in [0.2, 0.25) is 0 Å². The molecule has 0 radical (unpaired) electrons. The molecule has 5 nitrogen and oxygen atoms in total. The molecule has 1 aromatic carbocycles. The van der Waals surface area contributed by atoms with Gasteiger partial charge in [0.25, 0.3) is 0 Å². The minimum atomic E-state index is -0.370. The normalized spacial score (nSPS) is 10.7. The molecule has 0 aliphatic rings. The molecule has 20 heavy (non-hydrogen) atoms. The highest BCUT2D eigenvalue weighted by Crippen LogP contribution is 2.29. The molecule has 0 unspecified atom stereocenters. The Hall–Kier alpha value is -2.76. The van der Waals surface area contributed by atoms with Crippen LogP contribution in [0.3, 0.4) is 0 Å². The first-order valence-electron chi connectivity index (χ1n) is 6.02. The van der Waals surface area contributed by atoms with E-state index in [1.807, 2.05) is 6.07 Å². The largest absolute Gasteiger partial charge is 0.387 e. The fourth-order valence-corrected chi connectivity index (χ4v) is 2.04. The third-order valence-corrected chi connectivity index (χ3v) is 3.09. The van der Waals surface area contributed by atoms with E-state index in [2.05, 4.69) is 20.3 Å². The molecule has 0 aliphatic heterocycles. The number of rotatable bonds is 2. The fourth-order valence-electron chi connectivity index (χ4n) is 2.04. The zero-order valence-corrected chi connectivity index (χ0v) is 10.8. The van der Waals surface area contributed by atoms with Gasteiger partial charge in [-0.1, -0.05) is 0 Å². The van der Waals surface area contributed by atoms with Crippen molar-refractivity contribution in [3.63, 3.8) is 0 Å². The van der Waals surface area contributed by atoms with E-state index in [1.165, 1.54) is 12.4 Å². The van der Waals surface area contributed by atoms with Gasteiger partial charge in [-0.3, -0.25) is 4.98 Å². The lowest BCUT2D eigenvalue weighted by Crippen LogP contribution is -1.96. The summed E-state index contributed by atoms with van der Waals surface area (Å²) in [5, 5.41) is 3.59. The average Bonchev–Trinajstić information content (AvgIpc) is 2.47. The van der Waals surface area contributed by atoms with E-state index in [0.717, 1.165) is 5.69 Å². The van der Waals surface area contributed by atoms with E-state index < -0.39 is 0 Å². The standard InChI is InChI=1S/C14H12FN5/c1-17-9-2-8(5-18-6-9)10-3-11-13(4-12(10)15)19-7-20-14(11)16/h2-7,17H,1H3,(H2,16,19,20). The number of nitrogens with two attached hydrogens (primary N) is 1. The van der Waals surface area contributed by atoms with Crippen LogP contribution in [0, 0.1) is 5.82 Å². The van der Waals surface area contributed by atoms with Crippen molar-refractivity contribution in [2.45, 2.75) is 0 Å². The van der Waals surface area contributed by atoms with Gasteiger partial charge in [0, 0.05) is 42.0 Å². The smallest absolute Gasteiger partial charge is 0.134 e. The second kappa shape index (κ2) is 4.73. The van der Waals surface area contributed by atoms with Crippen LogP contribution in [-0.4, -0.2) is 22.0 Å². The second-order valence-electron chi connectivity index (χ2n) is 4.32. The first kappa shape index (κ1) is 12.3. The topological polar surface area (TPSA) is 76.7 Å². The van der Waals surface area contributed by atoms with Crippen molar-refractivity contribution in [2.75, 3.05) is 18.1 Å². The number of benzene rings is 1. The van der Waals surface area contributed by atoms with Gasteiger partial charge in [0.15, 0.2) is 0 Å². The van der Waals surface area contributed by atoms with Crippen LogP contribution in [0.1, 0.15) is 0 Å². The van der Waals surface area contributed by atoms with E-state index in [4.69, 9.17) is 5.73 Å². The Kier molecular flexibility index (Phi) is 2.90. The fraction of sp³-hybridized carbons (Fsp3) is 0.0714. The minimum absolute atomic E-state index is 0.328. The van der Waals surface area contributed by atoms with Gasteiger partial charge in [0.1, 0.15) is 18.0 Å². The molecule has 0 saturated carbocycles. The van der Waals surface area contributed by atoms with Gasteiger partial charge in [0.2, 0.25) is 0 Å². The third-order valence-electron chi connectivity index (χ3n) is 3.09. The van der Waals surface area contributed by atoms with E-state index in [9.17, 15) is 4.39 Å². The number of hydrogen-bond donors (Lipinski definition) is 2. The summed E-state index contributed by atoms with van der Waals surface area (Å²) in [6, 6.07) is 4.82. The Bertz CT molecular complexity index is 788. The van der Waals surface area contributed by atoms with Crippen molar-refractivity contribution in [3.8, 4) is 11.1 Å². The lowest BCUT2D eigenvalue weighted by molar-refractivity contribution is 0.632. The van der Waals surface area contributed by atoms with Gasteiger partial charge in [-0.05, 0) is 12.1 Å². The first-order valence-corrected chi connectivity index (χ1v) is 6.02. The molecule has 0 atom stereocenters. The number of anilines is 2. The number of nitrogens with zero attached hydrogens (tertiary/aromatic N) is 3. The summed E-state index contributed by atoms with van der Waals surface area (Å²) in [6.45, 7) is 0. The molecule has 2 aromatic heterocycles. The predicted molar refractivity (Wildman–Crippen MR) is 76.7 cm³/mol. The maximum Gasteiger partial charge on any atom is 0.134 e. The van der Waals surface area contributed by atoms with Crippen molar-refractivity contribution in [1.82, 2.24) is 15.0 Å². The number of pyridine rings is 1. The van der Waals surface area contributed by atoms with Gasteiger partial charge in [-0.2, -0.15) is 0 Å². The lowest BCUT2D eigenvalue weighted by atomic mass is 10.0. The Morgan fingerprint density at radius 2 is 2.00 bits per heavy atom. The number of nitrogens with one attached hydrogen (secondary N) is 1. The molecule has 100 valence electrons. The molecule has 3 rings (SSSR count). The monoisotopic (exact) mass is 269 g/mol. The molecule has 3 aromatic rings. The second-order valence-corrected chi connectivity index (χ2v) is 4.32. The molecule has 0 bridgehead atoms. The van der Waals surface area contributed by atoms with Crippen molar-refractivity contribution in [2.24, 2.45) is 0 Å². The Labute approximate surface area is 114 Å². The van der Waals surface area contributed by atoms with Crippen LogP contribution in [0.4, 0.5) is 15.9 Å². The number of fused-ring (bicyclic) bond motifs is 1. The Balaban J connectivity index is 2.25. The van der Waals surface area contributed by atoms with Crippen molar-refractivity contribution < 1.29 is 4.39 Å². The summed E-state index contributed by atoms with van der Waals surface area (Å²) in [7, 11) is 1.78. The molecular formula is C14H12FN5. The van der Waals surface area contributed by atoms with Gasteiger partial charge in [-0.25, -0.2) is 14.4 Å². The molecule has 2 heterocycles. The highest BCUT2D eigenvalue weighted by Gasteiger charge is 2.10. The molecule has 6 heteroatoms. The van der Waals surface area contributed by atoms with E-state index >= 15 is 0 Å². The molecule has 0 fully saturated rings. The molecular weight excluding hydrogens is 257 g/mol. The predicted octanol–water partition coefficient (Wildman–Crippen LogP) is 2.45. The quantitative estimate of drug-likeness (QED) is 0.747. The lowest BCUT2D eigenvalue weighted by Gasteiger charge is -2.08. The van der Waals surface area contributed by atoms with Crippen molar-refractivity contribution in [1.29, 1.82) is 0 Å². The van der Waals surface area contributed by atoms with Gasteiger partial charge < -0.3 is 11.1 Å². The Morgan fingerprint density at radius 3 is 2.80 bits per heavy atom. The maximum atomic E-state index is 14.2. The van der Waals surface area contributed by atoms with Gasteiger partial charge >= 0.3 is 0 Å². The third kappa shape index (κ3) is 2.01. The maximum absolute atomic E-state index is 14.2. The number of nitrogen functional groups attached to an aromatic ring is 1. The van der Waals surface area contributed by atoms with Crippen LogP contribution < -0.4 is 11.1 Å². The van der Waals surface area contributed by atoms with Crippen molar-refractivity contribution >= 4 is 22.4 Å². The first-order chi connectivity index (χ1) is 9.69. The summed E-state index contributed by atoms with van der Waals surface area (Å²) >= 11 is 0. The highest BCUT2D eigenvalue weighted by molar-refractivity contribution is 5.91. The van der Waals surface area contributed by atoms with Crippen LogP contribution in [0.25, 0.3) is 22.0 Å². The SMILES string of the molecule is CNc1cncc(-c2cc3c(N)ncnc3cc2F)c1. The Morgan fingerprint density at radius 1 is 1.15 bits per heavy atom. The van der Waals surface area contributed by atoms with E-state index in [-0.39, 0.29) is 5.82 Å². The molecule has 0 saturated heterocycles. The zero-order chi connectivity index (χ0) is 14.1. The zero-order valence-electron chi connectivity index (χ0n) is 10.8. The van der Waals surface area contributed by atoms with Crippen LogP contribution in [0.5, 0.6) is 0 Å². The van der Waals surface area contributed by atoms with E-state index in [1.54, 1.807) is 25.5 Å². The molecule has 0 spiro atoms. The number of halogens is 1.